The lowest BCUT2D eigenvalue weighted by Gasteiger charge is -2.14. The minimum atomic E-state index is -0.200. The molecule has 7 nitrogen and oxygen atoms in total. The molecule has 3 rings (SSSR count). The molecular formula is C12H18ClN5O2. The molecule has 0 spiro atoms. The molecule has 2 aliphatic rings. The molecule has 2 amide bonds. The number of H-pyrrole nitrogens is 1. The van der Waals surface area contributed by atoms with E-state index in [0.717, 1.165) is 24.2 Å². The topological polar surface area (TPSA) is 90.1 Å². The summed E-state index contributed by atoms with van der Waals surface area (Å²) in [5, 5.41) is 13.1. The van der Waals surface area contributed by atoms with Crippen LogP contribution in [0.4, 0.5) is 0 Å². The van der Waals surface area contributed by atoms with Crippen LogP contribution in [0, 0.1) is 0 Å². The zero-order valence-electron chi connectivity index (χ0n) is 11.2. The summed E-state index contributed by atoms with van der Waals surface area (Å²) in [4.78, 5) is 25.3. The van der Waals surface area contributed by atoms with E-state index >= 15 is 0 Å². The maximum Gasteiger partial charge on any atom is 0.272 e. The second kappa shape index (κ2) is 5.80. The number of amides is 2. The van der Waals surface area contributed by atoms with Crippen LogP contribution in [0.3, 0.4) is 0 Å². The van der Waals surface area contributed by atoms with Crippen molar-refractivity contribution < 1.29 is 9.59 Å². The van der Waals surface area contributed by atoms with Crippen molar-refractivity contribution in [1.29, 1.82) is 0 Å². The number of fused-ring (bicyclic) bond motifs is 1. The molecule has 0 aromatic carbocycles. The molecule has 3 heterocycles. The number of aromatic nitrogens is 2. The van der Waals surface area contributed by atoms with Gasteiger partial charge in [0.15, 0.2) is 5.69 Å². The summed E-state index contributed by atoms with van der Waals surface area (Å²) in [6, 6.07) is -0.117. The average molecular weight is 300 g/mol. The molecule has 110 valence electrons. The molecule has 1 atom stereocenters. The van der Waals surface area contributed by atoms with E-state index in [0.29, 0.717) is 25.2 Å². The molecule has 0 saturated carbocycles. The summed E-state index contributed by atoms with van der Waals surface area (Å²) < 4.78 is 0. The fourth-order valence-electron chi connectivity index (χ4n) is 2.63. The molecule has 0 radical (unpaired) electrons. The van der Waals surface area contributed by atoms with Gasteiger partial charge in [-0.2, -0.15) is 5.10 Å². The monoisotopic (exact) mass is 299 g/mol. The number of likely N-dealkylation sites (tertiary alicyclic amines) is 1. The molecule has 0 aliphatic carbocycles. The van der Waals surface area contributed by atoms with E-state index in [1.54, 1.807) is 11.9 Å². The number of nitrogens with one attached hydrogen (secondary N) is 3. The van der Waals surface area contributed by atoms with Gasteiger partial charge in [0.2, 0.25) is 5.91 Å². The number of carbonyl (C=O) groups is 2. The van der Waals surface area contributed by atoms with Crippen LogP contribution in [0.2, 0.25) is 0 Å². The highest BCUT2D eigenvalue weighted by Crippen LogP contribution is 2.16. The van der Waals surface area contributed by atoms with Crippen molar-refractivity contribution >= 4 is 24.2 Å². The van der Waals surface area contributed by atoms with Crippen LogP contribution >= 0.6 is 12.4 Å². The van der Waals surface area contributed by atoms with Crippen LogP contribution in [-0.2, 0) is 17.8 Å². The molecule has 1 saturated heterocycles. The van der Waals surface area contributed by atoms with Crippen LogP contribution < -0.4 is 10.6 Å². The van der Waals surface area contributed by atoms with Crippen molar-refractivity contribution in [2.24, 2.45) is 0 Å². The van der Waals surface area contributed by atoms with Gasteiger partial charge in [-0.15, -0.1) is 12.4 Å². The normalized spacial score (nSPS) is 21.4. The molecule has 8 heteroatoms. The minimum Gasteiger partial charge on any atom is -0.346 e. The molecule has 0 bridgehead atoms. The smallest absolute Gasteiger partial charge is 0.272 e. The van der Waals surface area contributed by atoms with Gasteiger partial charge in [0, 0.05) is 50.8 Å². The third-order valence-corrected chi connectivity index (χ3v) is 3.70. The Kier molecular flexibility index (Phi) is 4.29. The highest BCUT2D eigenvalue weighted by Gasteiger charge is 2.30. The van der Waals surface area contributed by atoms with Gasteiger partial charge < -0.3 is 15.5 Å². The van der Waals surface area contributed by atoms with Gasteiger partial charge in [-0.05, 0) is 0 Å². The van der Waals surface area contributed by atoms with E-state index in [-0.39, 0.29) is 30.3 Å². The second-order valence-corrected chi connectivity index (χ2v) is 5.10. The van der Waals surface area contributed by atoms with Crippen molar-refractivity contribution in [3.05, 3.63) is 17.0 Å². The predicted molar refractivity (Wildman–Crippen MR) is 74.8 cm³/mol. The molecule has 2 aliphatic heterocycles. The molecule has 1 unspecified atom stereocenters. The van der Waals surface area contributed by atoms with Gasteiger partial charge in [0.25, 0.3) is 5.91 Å². The Bertz CT molecular complexity index is 530. The Morgan fingerprint density at radius 2 is 2.30 bits per heavy atom. The first-order chi connectivity index (χ1) is 9.15. The van der Waals surface area contributed by atoms with Crippen LogP contribution in [0.15, 0.2) is 0 Å². The van der Waals surface area contributed by atoms with E-state index in [2.05, 4.69) is 20.8 Å². The number of carbonyl (C=O) groups excluding carboxylic acids is 2. The summed E-state index contributed by atoms with van der Waals surface area (Å²) in [6.07, 6.45) is 1.23. The first-order valence-electron chi connectivity index (χ1n) is 6.47. The van der Waals surface area contributed by atoms with Crippen LogP contribution in [0.5, 0.6) is 0 Å². The lowest BCUT2D eigenvalue weighted by molar-refractivity contribution is -0.126. The Morgan fingerprint density at radius 3 is 3.00 bits per heavy atom. The van der Waals surface area contributed by atoms with Gasteiger partial charge in [-0.3, -0.25) is 14.7 Å². The Hall–Kier alpha value is -1.60. The summed E-state index contributed by atoms with van der Waals surface area (Å²) >= 11 is 0. The number of hydrogen-bond donors (Lipinski definition) is 3. The number of halogens is 1. The largest absolute Gasteiger partial charge is 0.346 e. The minimum absolute atomic E-state index is 0. The van der Waals surface area contributed by atoms with Crippen LogP contribution in [0.1, 0.15) is 28.2 Å². The predicted octanol–water partition coefficient (Wildman–Crippen LogP) is -0.562. The number of nitrogens with zero attached hydrogens (tertiary/aromatic N) is 2. The van der Waals surface area contributed by atoms with Crippen molar-refractivity contribution in [1.82, 2.24) is 25.7 Å². The highest BCUT2D eigenvalue weighted by molar-refractivity contribution is 5.95. The maximum absolute atomic E-state index is 12.2. The fraction of sp³-hybridized carbons (Fsp3) is 0.583. The third kappa shape index (κ3) is 2.64. The van der Waals surface area contributed by atoms with E-state index in [9.17, 15) is 9.59 Å². The third-order valence-electron chi connectivity index (χ3n) is 3.70. The van der Waals surface area contributed by atoms with E-state index in [4.69, 9.17) is 0 Å². The van der Waals surface area contributed by atoms with Crippen molar-refractivity contribution in [3.63, 3.8) is 0 Å². The number of hydrogen-bond acceptors (Lipinski definition) is 4. The molecule has 3 N–H and O–H groups in total. The summed E-state index contributed by atoms with van der Waals surface area (Å²) in [7, 11) is 1.74. The molecule has 1 aromatic rings. The Labute approximate surface area is 122 Å². The first kappa shape index (κ1) is 14.8. The maximum atomic E-state index is 12.2. The molecule has 20 heavy (non-hydrogen) atoms. The van der Waals surface area contributed by atoms with Crippen LogP contribution in [-0.4, -0.2) is 53.1 Å². The SMILES string of the molecule is CN1CC(NC(=O)c2n[nH]c3c2CNCC3)CC1=O.Cl. The lowest BCUT2D eigenvalue weighted by atomic mass is 10.1. The molecule has 1 aromatic heterocycles. The van der Waals surface area contributed by atoms with Gasteiger partial charge in [-0.1, -0.05) is 0 Å². The lowest BCUT2D eigenvalue weighted by Crippen LogP contribution is -2.37. The van der Waals surface area contributed by atoms with Gasteiger partial charge in [0.05, 0.1) is 6.04 Å². The first-order valence-corrected chi connectivity index (χ1v) is 6.47. The van der Waals surface area contributed by atoms with E-state index in [1.807, 2.05) is 0 Å². The van der Waals surface area contributed by atoms with Crippen LogP contribution in [0.25, 0.3) is 0 Å². The van der Waals surface area contributed by atoms with Crippen molar-refractivity contribution in [3.8, 4) is 0 Å². The fourth-order valence-corrected chi connectivity index (χ4v) is 2.63. The summed E-state index contributed by atoms with van der Waals surface area (Å²) in [5.74, 6) is -0.134. The zero-order valence-corrected chi connectivity index (χ0v) is 12.0. The average Bonchev–Trinajstić information content (AvgIpc) is 2.94. The Balaban J connectivity index is 0.00000147. The van der Waals surface area contributed by atoms with Crippen molar-refractivity contribution in [2.75, 3.05) is 20.1 Å². The zero-order chi connectivity index (χ0) is 13.4. The Morgan fingerprint density at radius 1 is 1.50 bits per heavy atom. The number of aromatic amines is 1. The van der Waals surface area contributed by atoms with Gasteiger partial charge in [-0.25, -0.2) is 0 Å². The quantitative estimate of drug-likeness (QED) is 0.683. The van der Waals surface area contributed by atoms with Gasteiger partial charge >= 0.3 is 0 Å². The molecular weight excluding hydrogens is 282 g/mol. The van der Waals surface area contributed by atoms with E-state index < -0.39 is 0 Å². The number of rotatable bonds is 2. The second-order valence-electron chi connectivity index (χ2n) is 5.10. The summed E-state index contributed by atoms with van der Waals surface area (Å²) in [6.45, 7) is 2.13. The highest BCUT2D eigenvalue weighted by atomic mass is 35.5. The standard InChI is InChI=1S/C12H17N5O2.ClH/c1-17-6-7(4-10(17)18)14-12(19)11-8-5-13-3-2-9(8)15-16-11;/h7,13H,2-6H2,1H3,(H,14,19)(H,15,16);1H. The number of likely N-dealkylation sites (N-methyl/N-ethyl adjacent to an activating group) is 1. The van der Waals surface area contributed by atoms with E-state index in [1.165, 1.54) is 0 Å². The van der Waals surface area contributed by atoms with Crippen molar-refractivity contribution in [2.45, 2.75) is 25.4 Å². The summed E-state index contributed by atoms with van der Waals surface area (Å²) in [5.41, 5.74) is 2.43. The molecule has 1 fully saturated rings. The van der Waals surface area contributed by atoms with Gasteiger partial charge in [0.1, 0.15) is 0 Å².